The monoisotopic (exact) mass is 309 g/mol. The quantitative estimate of drug-likeness (QED) is 0.663. The largest absolute Gasteiger partial charge is 0.309 e. The average Bonchev–Trinajstić information content (AvgIpc) is 3.17. The van der Waals surface area contributed by atoms with Crippen molar-refractivity contribution in [3.8, 4) is 6.07 Å². The van der Waals surface area contributed by atoms with Gasteiger partial charge in [-0.3, -0.25) is 15.0 Å². The number of aromatic amines is 2. The van der Waals surface area contributed by atoms with Crippen molar-refractivity contribution in [2.24, 2.45) is 0 Å². The molecule has 0 unspecified atom stereocenters. The molecule has 0 fully saturated rings. The molecule has 0 bridgehead atoms. The van der Waals surface area contributed by atoms with Gasteiger partial charge in [-0.25, -0.2) is 4.98 Å². The Kier molecular flexibility index (Phi) is 4.01. The summed E-state index contributed by atoms with van der Waals surface area (Å²) in [5.74, 6) is 1.14. The van der Waals surface area contributed by atoms with Crippen LogP contribution in [0.15, 0.2) is 18.5 Å². The lowest BCUT2D eigenvalue weighted by Crippen LogP contribution is -2.12. The molecule has 0 saturated carbocycles. The molecular formula is C15H15N7O. The molecule has 116 valence electrons. The minimum absolute atomic E-state index is 0.111. The molecular weight excluding hydrogens is 294 g/mol. The van der Waals surface area contributed by atoms with Crippen LogP contribution in [0.2, 0.25) is 0 Å². The predicted molar refractivity (Wildman–Crippen MR) is 83.5 cm³/mol. The molecule has 0 saturated heterocycles. The summed E-state index contributed by atoms with van der Waals surface area (Å²) in [5.41, 5.74) is 2.16. The van der Waals surface area contributed by atoms with Crippen molar-refractivity contribution in [3.05, 3.63) is 35.4 Å². The summed E-state index contributed by atoms with van der Waals surface area (Å²) in [6.07, 6.45) is 3.15. The van der Waals surface area contributed by atoms with Crippen molar-refractivity contribution in [2.75, 3.05) is 5.32 Å². The minimum atomic E-state index is -0.111. The number of H-pyrrole nitrogens is 2. The van der Waals surface area contributed by atoms with E-state index in [0.29, 0.717) is 30.6 Å². The number of nitriles is 1. The second kappa shape index (κ2) is 6.27. The number of aryl methyl sites for hydroxylation is 2. The molecule has 3 aromatic rings. The summed E-state index contributed by atoms with van der Waals surface area (Å²) in [5, 5.41) is 26.1. The summed E-state index contributed by atoms with van der Waals surface area (Å²) in [6, 6.07) is 5.71. The van der Waals surface area contributed by atoms with E-state index in [-0.39, 0.29) is 5.91 Å². The topological polar surface area (TPSA) is 123 Å². The van der Waals surface area contributed by atoms with E-state index in [0.717, 1.165) is 22.3 Å². The maximum absolute atomic E-state index is 12.0. The number of carbonyl (C=O) groups is 1. The summed E-state index contributed by atoms with van der Waals surface area (Å²) < 4.78 is 0. The van der Waals surface area contributed by atoms with Crippen LogP contribution < -0.4 is 5.32 Å². The van der Waals surface area contributed by atoms with Crippen LogP contribution in [-0.4, -0.2) is 31.3 Å². The van der Waals surface area contributed by atoms with Crippen LogP contribution >= 0.6 is 0 Å². The Morgan fingerprint density at radius 3 is 3.00 bits per heavy atom. The summed E-state index contributed by atoms with van der Waals surface area (Å²) in [4.78, 5) is 16.0. The van der Waals surface area contributed by atoms with Gasteiger partial charge < -0.3 is 5.32 Å². The van der Waals surface area contributed by atoms with E-state index in [9.17, 15) is 4.79 Å². The van der Waals surface area contributed by atoms with Crippen molar-refractivity contribution in [1.82, 2.24) is 25.4 Å². The highest BCUT2D eigenvalue weighted by molar-refractivity contribution is 6.00. The molecule has 3 N–H and O–H groups in total. The second-order valence-corrected chi connectivity index (χ2v) is 5.23. The number of benzene rings is 1. The molecule has 1 amide bonds. The number of nitrogens with zero attached hydrogens (tertiary/aromatic N) is 4. The third-order valence-electron chi connectivity index (χ3n) is 3.57. The number of nitrogens with one attached hydrogen (secondary N) is 3. The molecule has 8 heteroatoms. The smallest absolute Gasteiger partial charge is 0.225 e. The molecule has 0 aliphatic carbocycles. The molecule has 2 heterocycles. The molecule has 23 heavy (non-hydrogen) atoms. The van der Waals surface area contributed by atoms with Gasteiger partial charge in [0.05, 0.1) is 17.1 Å². The summed E-state index contributed by atoms with van der Waals surface area (Å²) >= 11 is 0. The van der Waals surface area contributed by atoms with Crippen LogP contribution in [0.3, 0.4) is 0 Å². The summed E-state index contributed by atoms with van der Waals surface area (Å²) in [7, 11) is 0. The first kappa shape index (κ1) is 14.7. The fourth-order valence-electron chi connectivity index (χ4n) is 2.35. The van der Waals surface area contributed by atoms with Crippen LogP contribution in [-0.2, 0) is 11.2 Å². The zero-order valence-corrected chi connectivity index (χ0v) is 12.6. The standard InChI is InChI=1S/C15H15N7O/c1-9-5-11-12(6-10(9)7-16)20-22-15(11)19-14(23)4-2-3-13-17-8-18-21-13/h5-6,8H,2-4H2,1H3,(H,17,18,21)(H2,19,20,22,23). The fraction of sp³-hybridized carbons (Fsp3) is 0.267. The van der Waals surface area contributed by atoms with Gasteiger partial charge in [-0.1, -0.05) is 0 Å². The Labute approximate surface area is 131 Å². The first-order valence-corrected chi connectivity index (χ1v) is 7.20. The Morgan fingerprint density at radius 1 is 1.39 bits per heavy atom. The molecule has 3 rings (SSSR count). The van der Waals surface area contributed by atoms with Crippen LogP contribution in [0, 0.1) is 18.3 Å². The summed E-state index contributed by atoms with van der Waals surface area (Å²) in [6.45, 7) is 1.86. The van der Waals surface area contributed by atoms with E-state index in [2.05, 4.69) is 36.8 Å². The number of amides is 1. The first-order valence-electron chi connectivity index (χ1n) is 7.20. The number of carbonyl (C=O) groups excluding carboxylic acids is 1. The first-order chi connectivity index (χ1) is 11.2. The molecule has 0 spiro atoms. The van der Waals surface area contributed by atoms with Gasteiger partial charge in [0.25, 0.3) is 0 Å². The van der Waals surface area contributed by atoms with Crippen LogP contribution in [0.1, 0.15) is 29.8 Å². The molecule has 0 atom stereocenters. The van der Waals surface area contributed by atoms with Gasteiger partial charge in [0, 0.05) is 18.2 Å². The maximum atomic E-state index is 12.0. The Hall–Kier alpha value is -3.21. The van der Waals surface area contributed by atoms with Crippen LogP contribution in [0.4, 0.5) is 5.82 Å². The normalized spacial score (nSPS) is 10.6. The van der Waals surface area contributed by atoms with E-state index >= 15 is 0 Å². The van der Waals surface area contributed by atoms with Gasteiger partial charge in [-0.05, 0) is 31.0 Å². The molecule has 8 nitrogen and oxygen atoms in total. The fourth-order valence-corrected chi connectivity index (χ4v) is 2.35. The van der Waals surface area contributed by atoms with E-state index in [4.69, 9.17) is 5.26 Å². The lowest BCUT2D eigenvalue weighted by atomic mass is 10.1. The zero-order valence-electron chi connectivity index (χ0n) is 12.6. The van der Waals surface area contributed by atoms with Crippen molar-refractivity contribution in [3.63, 3.8) is 0 Å². The van der Waals surface area contributed by atoms with E-state index in [1.807, 2.05) is 13.0 Å². The SMILES string of the molecule is Cc1cc2c(NC(=O)CCCc3ncn[nH]3)n[nH]c2cc1C#N. The van der Waals surface area contributed by atoms with E-state index in [1.165, 1.54) is 6.33 Å². The van der Waals surface area contributed by atoms with Gasteiger partial charge in [0.1, 0.15) is 12.2 Å². The number of aromatic nitrogens is 5. The van der Waals surface area contributed by atoms with Crippen molar-refractivity contribution >= 4 is 22.6 Å². The highest BCUT2D eigenvalue weighted by Crippen LogP contribution is 2.24. The maximum Gasteiger partial charge on any atom is 0.225 e. The van der Waals surface area contributed by atoms with Gasteiger partial charge in [0.15, 0.2) is 5.82 Å². The number of anilines is 1. The average molecular weight is 309 g/mol. The number of fused-ring (bicyclic) bond motifs is 1. The Balaban J connectivity index is 1.65. The zero-order chi connectivity index (χ0) is 16.2. The third-order valence-corrected chi connectivity index (χ3v) is 3.57. The van der Waals surface area contributed by atoms with Crippen LogP contribution in [0.5, 0.6) is 0 Å². The van der Waals surface area contributed by atoms with Gasteiger partial charge in [0.2, 0.25) is 5.91 Å². The lowest BCUT2D eigenvalue weighted by Gasteiger charge is -2.03. The number of rotatable bonds is 5. The Bertz CT molecular complexity index is 873. The van der Waals surface area contributed by atoms with Crippen molar-refractivity contribution in [1.29, 1.82) is 5.26 Å². The van der Waals surface area contributed by atoms with Gasteiger partial charge in [-0.2, -0.15) is 15.5 Å². The highest BCUT2D eigenvalue weighted by Gasteiger charge is 2.11. The van der Waals surface area contributed by atoms with Crippen LogP contribution in [0.25, 0.3) is 10.9 Å². The van der Waals surface area contributed by atoms with E-state index < -0.39 is 0 Å². The van der Waals surface area contributed by atoms with E-state index in [1.54, 1.807) is 6.07 Å². The molecule has 0 aliphatic heterocycles. The van der Waals surface area contributed by atoms with Crippen molar-refractivity contribution in [2.45, 2.75) is 26.2 Å². The molecule has 0 radical (unpaired) electrons. The van der Waals surface area contributed by atoms with Gasteiger partial charge >= 0.3 is 0 Å². The molecule has 1 aromatic carbocycles. The Morgan fingerprint density at radius 2 is 2.26 bits per heavy atom. The highest BCUT2D eigenvalue weighted by atomic mass is 16.1. The molecule has 2 aromatic heterocycles. The number of hydrogen-bond donors (Lipinski definition) is 3. The lowest BCUT2D eigenvalue weighted by molar-refractivity contribution is -0.116. The predicted octanol–water partition coefficient (Wildman–Crippen LogP) is 1.82. The second-order valence-electron chi connectivity index (χ2n) is 5.23. The minimum Gasteiger partial charge on any atom is -0.309 e. The number of hydrogen-bond acceptors (Lipinski definition) is 5. The third kappa shape index (κ3) is 3.18. The molecule has 0 aliphatic rings. The van der Waals surface area contributed by atoms with Crippen molar-refractivity contribution < 1.29 is 4.79 Å². The van der Waals surface area contributed by atoms with Gasteiger partial charge in [-0.15, -0.1) is 0 Å².